The second kappa shape index (κ2) is 7.22. The number of nitrogens with zero attached hydrogens (tertiary/aromatic N) is 3. The Hall–Kier alpha value is -2.17. The Balaban J connectivity index is 1.48. The van der Waals surface area contributed by atoms with Crippen LogP contribution in [0.1, 0.15) is 44.9 Å². The van der Waals surface area contributed by atoms with Crippen LogP contribution in [0, 0.1) is 11.8 Å². The molecule has 1 aliphatic heterocycles. The fourth-order valence-electron chi connectivity index (χ4n) is 4.18. The molecule has 0 N–H and O–H groups in total. The number of aromatic nitrogens is 2. The standard InChI is InChI=1S/C21H27N3O2/c1-2-19-22-18-9-4-3-8-17(18)21(26)24(19)14-15-10-12-23(13-11-15)20(25)16-6-5-7-16/h3-4,8-9,15-16H,2,5-7,10-14H2,1H3. The molecule has 1 aromatic heterocycles. The number of fused-ring (bicyclic) bond motifs is 1. The van der Waals surface area contributed by atoms with Crippen molar-refractivity contribution in [3.8, 4) is 0 Å². The third-order valence-electron chi connectivity index (χ3n) is 6.08. The summed E-state index contributed by atoms with van der Waals surface area (Å²) < 4.78 is 1.87. The molecule has 1 aromatic carbocycles. The zero-order valence-electron chi connectivity index (χ0n) is 15.5. The van der Waals surface area contributed by atoms with Gasteiger partial charge in [0.15, 0.2) is 0 Å². The highest BCUT2D eigenvalue weighted by Crippen LogP contribution is 2.30. The van der Waals surface area contributed by atoms with Crippen LogP contribution < -0.4 is 5.56 Å². The Kier molecular flexibility index (Phi) is 4.79. The first-order valence-electron chi connectivity index (χ1n) is 9.94. The Morgan fingerprint density at radius 1 is 1.15 bits per heavy atom. The smallest absolute Gasteiger partial charge is 0.261 e. The first kappa shape index (κ1) is 17.3. The van der Waals surface area contributed by atoms with Gasteiger partial charge >= 0.3 is 0 Å². The van der Waals surface area contributed by atoms with Crippen molar-refractivity contribution in [3.63, 3.8) is 0 Å². The van der Waals surface area contributed by atoms with E-state index in [0.717, 1.165) is 56.5 Å². The summed E-state index contributed by atoms with van der Waals surface area (Å²) in [4.78, 5) is 32.1. The van der Waals surface area contributed by atoms with Crippen LogP contribution in [0.15, 0.2) is 29.1 Å². The lowest BCUT2D eigenvalue weighted by Gasteiger charge is -2.36. The maximum Gasteiger partial charge on any atom is 0.261 e. The molecule has 1 aliphatic carbocycles. The molecule has 0 spiro atoms. The minimum absolute atomic E-state index is 0.0698. The van der Waals surface area contributed by atoms with Gasteiger partial charge in [-0.2, -0.15) is 0 Å². The summed E-state index contributed by atoms with van der Waals surface area (Å²) in [6, 6.07) is 7.59. The molecule has 1 amide bonds. The number of piperidine rings is 1. The second-order valence-corrected chi connectivity index (χ2v) is 7.71. The molecule has 0 atom stereocenters. The SMILES string of the molecule is CCc1nc2ccccc2c(=O)n1CC1CCN(C(=O)C2CCC2)CC1. The zero-order chi connectivity index (χ0) is 18.1. The third kappa shape index (κ3) is 3.15. The molecule has 2 fully saturated rings. The zero-order valence-corrected chi connectivity index (χ0v) is 15.5. The van der Waals surface area contributed by atoms with Gasteiger partial charge in [0.25, 0.3) is 5.56 Å². The number of para-hydroxylation sites is 1. The molecule has 4 rings (SSSR count). The van der Waals surface area contributed by atoms with Crippen molar-refractivity contribution in [2.45, 2.75) is 52.0 Å². The summed E-state index contributed by atoms with van der Waals surface area (Å²) >= 11 is 0. The number of hydrogen-bond acceptors (Lipinski definition) is 3. The predicted octanol–water partition coefficient (Wildman–Crippen LogP) is 3.00. The summed E-state index contributed by atoms with van der Waals surface area (Å²) in [5, 5.41) is 0.697. The van der Waals surface area contributed by atoms with E-state index < -0.39 is 0 Å². The van der Waals surface area contributed by atoms with E-state index >= 15 is 0 Å². The lowest BCUT2D eigenvalue weighted by atomic mass is 9.83. The quantitative estimate of drug-likeness (QED) is 0.849. The molecule has 2 heterocycles. The highest BCUT2D eigenvalue weighted by Gasteiger charge is 2.31. The molecular formula is C21H27N3O2. The predicted molar refractivity (Wildman–Crippen MR) is 102 cm³/mol. The van der Waals surface area contributed by atoms with Gasteiger partial charge in [-0.05, 0) is 43.7 Å². The molecule has 5 heteroatoms. The minimum Gasteiger partial charge on any atom is -0.342 e. The molecule has 5 nitrogen and oxygen atoms in total. The van der Waals surface area contributed by atoms with Gasteiger partial charge in [-0.3, -0.25) is 14.2 Å². The molecule has 0 radical (unpaired) electrons. The Bertz CT molecular complexity index is 861. The van der Waals surface area contributed by atoms with Gasteiger partial charge in [0.1, 0.15) is 5.82 Å². The van der Waals surface area contributed by atoms with Crippen molar-refractivity contribution < 1.29 is 4.79 Å². The van der Waals surface area contributed by atoms with Crippen molar-refractivity contribution in [1.29, 1.82) is 0 Å². The lowest BCUT2D eigenvalue weighted by Crippen LogP contribution is -2.44. The van der Waals surface area contributed by atoms with Crippen molar-refractivity contribution in [1.82, 2.24) is 14.5 Å². The number of rotatable bonds is 4. The first-order chi connectivity index (χ1) is 12.7. The van der Waals surface area contributed by atoms with Crippen LogP contribution in [-0.4, -0.2) is 33.4 Å². The summed E-state index contributed by atoms with van der Waals surface area (Å²) in [6.45, 7) is 4.42. The molecule has 1 saturated carbocycles. The highest BCUT2D eigenvalue weighted by molar-refractivity contribution is 5.79. The summed E-state index contributed by atoms with van der Waals surface area (Å²) in [6.07, 6.45) is 6.03. The number of likely N-dealkylation sites (tertiary alicyclic amines) is 1. The number of benzene rings is 1. The Labute approximate surface area is 154 Å². The van der Waals surface area contributed by atoms with Crippen LogP contribution in [0.5, 0.6) is 0 Å². The molecule has 138 valence electrons. The maximum absolute atomic E-state index is 12.9. The van der Waals surface area contributed by atoms with Crippen LogP contribution >= 0.6 is 0 Å². The number of amides is 1. The van der Waals surface area contributed by atoms with E-state index in [-0.39, 0.29) is 11.5 Å². The Morgan fingerprint density at radius 2 is 1.88 bits per heavy atom. The minimum atomic E-state index is 0.0698. The summed E-state index contributed by atoms with van der Waals surface area (Å²) in [7, 11) is 0. The lowest BCUT2D eigenvalue weighted by molar-refractivity contribution is -0.139. The van der Waals surface area contributed by atoms with Gasteiger partial charge in [-0.15, -0.1) is 0 Å². The van der Waals surface area contributed by atoms with Crippen LogP contribution in [0.2, 0.25) is 0 Å². The van der Waals surface area contributed by atoms with E-state index in [1.165, 1.54) is 6.42 Å². The van der Waals surface area contributed by atoms with E-state index in [4.69, 9.17) is 4.98 Å². The summed E-state index contributed by atoms with van der Waals surface area (Å²) in [5.74, 6) is 1.94. The fraction of sp³-hybridized carbons (Fsp3) is 0.571. The van der Waals surface area contributed by atoms with Crippen molar-refractivity contribution in [2.24, 2.45) is 11.8 Å². The molecule has 2 aromatic rings. The van der Waals surface area contributed by atoms with Crippen molar-refractivity contribution in [2.75, 3.05) is 13.1 Å². The Morgan fingerprint density at radius 3 is 2.54 bits per heavy atom. The van der Waals surface area contributed by atoms with Crippen LogP contribution in [-0.2, 0) is 17.8 Å². The fourth-order valence-corrected chi connectivity index (χ4v) is 4.18. The molecule has 0 bridgehead atoms. The normalized spacial score (nSPS) is 18.9. The van der Waals surface area contributed by atoms with E-state index in [1.54, 1.807) is 0 Å². The van der Waals surface area contributed by atoms with Gasteiger partial charge in [-0.1, -0.05) is 25.5 Å². The van der Waals surface area contributed by atoms with Gasteiger partial charge < -0.3 is 4.90 Å². The number of hydrogen-bond donors (Lipinski definition) is 0. The summed E-state index contributed by atoms with van der Waals surface area (Å²) in [5.41, 5.74) is 0.854. The van der Waals surface area contributed by atoms with Crippen LogP contribution in [0.4, 0.5) is 0 Å². The maximum atomic E-state index is 12.9. The topological polar surface area (TPSA) is 55.2 Å². The van der Waals surface area contributed by atoms with Crippen LogP contribution in [0.25, 0.3) is 10.9 Å². The van der Waals surface area contributed by atoms with Gasteiger partial charge in [0, 0.05) is 32.0 Å². The number of carbonyl (C=O) groups is 1. The molecule has 0 unspecified atom stereocenters. The van der Waals surface area contributed by atoms with Crippen LogP contribution in [0.3, 0.4) is 0 Å². The average molecular weight is 353 g/mol. The second-order valence-electron chi connectivity index (χ2n) is 7.71. The van der Waals surface area contributed by atoms with E-state index in [0.29, 0.717) is 23.8 Å². The first-order valence-corrected chi connectivity index (χ1v) is 9.94. The number of carbonyl (C=O) groups excluding carboxylic acids is 1. The van der Waals surface area contributed by atoms with Gasteiger partial charge in [0.05, 0.1) is 10.9 Å². The molecular weight excluding hydrogens is 326 g/mol. The highest BCUT2D eigenvalue weighted by atomic mass is 16.2. The van der Waals surface area contributed by atoms with E-state index in [9.17, 15) is 9.59 Å². The molecule has 2 aliphatic rings. The average Bonchev–Trinajstić information content (AvgIpc) is 2.63. The van der Waals surface area contributed by atoms with Crippen molar-refractivity contribution in [3.05, 3.63) is 40.4 Å². The molecule has 1 saturated heterocycles. The van der Waals surface area contributed by atoms with E-state index in [2.05, 4.69) is 0 Å². The van der Waals surface area contributed by atoms with Crippen molar-refractivity contribution >= 4 is 16.8 Å². The number of aryl methyl sites for hydroxylation is 1. The van der Waals surface area contributed by atoms with E-state index in [1.807, 2.05) is 40.7 Å². The monoisotopic (exact) mass is 353 g/mol. The third-order valence-corrected chi connectivity index (χ3v) is 6.08. The largest absolute Gasteiger partial charge is 0.342 e. The van der Waals surface area contributed by atoms with Gasteiger partial charge in [-0.25, -0.2) is 4.98 Å². The molecule has 26 heavy (non-hydrogen) atoms. The van der Waals surface area contributed by atoms with Gasteiger partial charge in [0.2, 0.25) is 5.91 Å².